The van der Waals surface area contributed by atoms with E-state index in [1.54, 1.807) is 6.07 Å². The maximum absolute atomic E-state index is 13.5. The Morgan fingerprint density at radius 3 is 2.52 bits per heavy atom. The minimum Gasteiger partial charge on any atom is -0.392 e. The molecule has 0 atom stereocenters. The van der Waals surface area contributed by atoms with E-state index in [1.165, 1.54) is 17.7 Å². The normalized spacial score (nSPS) is 10.9. The number of rotatable bonds is 5. The molecule has 0 unspecified atom stereocenters. The van der Waals surface area contributed by atoms with Gasteiger partial charge in [-0.25, -0.2) is 4.39 Å². The van der Waals surface area contributed by atoms with Gasteiger partial charge < -0.3 is 10.4 Å². The van der Waals surface area contributed by atoms with Gasteiger partial charge in [-0.2, -0.15) is 0 Å². The van der Waals surface area contributed by atoms with Gasteiger partial charge in [-0.05, 0) is 48.7 Å². The van der Waals surface area contributed by atoms with Gasteiger partial charge in [0.1, 0.15) is 5.82 Å². The maximum atomic E-state index is 13.5. The molecule has 0 amide bonds. The number of anilines is 1. The standard InChI is InChI=1S/C19H19FN2O/c1-13-10-19(17-11-16(20)6-7-18(17)22-13)21-9-8-14-2-4-15(12-23)5-3-14/h2-7,10-11,23H,8-9,12H2,1H3,(H,21,22). The maximum Gasteiger partial charge on any atom is 0.124 e. The summed E-state index contributed by atoms with van der Waals surface area (Å²) in [4.78, 5) is 4.43. The molecular formula is C19H19FN2O. The van der Waals surface area contributed by atoms with Crippen molar-refractivity contribution in [2.24, 2.45) is 0 Å². The van der Waals surface area contributed by atoms with E-state index in [4.69, 9.17) is 5.11 Å². The monoisotopic (exact) mass is 310 g/mol. The van der Waals surface area contributed by atoms with Gasteiger partial charge in [0.2, 0.25) is 0 Å². The van der Waals surface area contributed by atoms with Crippen LogP contribution in [-0.2, 0) is 13.0 Å². The average molecular weight is 310 g/mol. The lowest BCUT2D eigenvalue weighted by Crippen LogP contribution is -2.06. The predicted molar refractivity (Wildman–Crippen MR) is 91.0 cm³/mol. The van der Waals surface area contributed by atoms with Crippen molar-refractivity contribution in [3.63, 3.8) is 0 Å². The number of aryl methyl sites for hydroxylation is 1. The number of nitrogens with one attached hydrogen (secondary N) is 1. The van der Waals surface area contributed by atoms with Crippen molar-refractivity contribution in [2.75, 3.05) is 11.9 Å². The SMILES string of the molecule is Cc1cc(NCCc2ccc(CO)cc2)c2cc(F)ccc2n1. The smallest absolute Gasteiger partial charge is 0.124 e. The summed E-state index contributed by atoms with van der Waals surface area (Å²) in [6, 6.07) is 14.5. The van der Waals surface area contributed by atoms with Gasteiger partial charge in [-0.15, -0.1) is 0 Å². The fraction of sp³-hybridized carbons (Fsp3) is 0.211. The quantitative estimate of drug-likeness (QED) is 0.753. The Morgan fingerprint density at radius 2 is 1.78 bits per heavy atom. The highest BCUT2D eigenvalue weighted by Crippen LogP contribution is 2.24. The number of benzene rings is 2. The van der Waals surface area contributed by atoms with Gasteiger partial charge in [0.05, 0.1) is 12.1 Å². The number of hydrogen-bond donors (Lipinski definition) is 2. The van der Waals surface area contributed by atoms with Crippen molar-refractivity contribution in [3.8, 4) is 0 Å². The molecule has 1 heterocycles. The molecule has 0 saturated heterocycles. The van der Waals surface area contributed by atoms with Crippen LogP contribution in [-0.4, -0.2) is 16.6 Å². The summed E-state index contributed by atoms with van der Waals surface area (Å²) in [5.41, 5.74) is 4.70. The van der Waals surface area contributed by atoms with Gasteiger partial charge in [-0.1, -0.05) is 24.3 Å². The number of nitrogens with zero attached hydrogens (tertiary/aromatic N) is 1. The number of aliphatic hydroxyl groups is 1. The molecule has 0 radical (unpaired) electrons. The molecule has 2 aromatic carbocycles. The summed E-state index contributed by atoms with van der Waals surface area (Å²) in [6.07, 6.45) is 0.851. The van der Waals surface area contributed by atoms with E-state index < -0.39 is 0 Å². The Bertz CT molecular complexity index is 815. The Morgan fingerprint density at radius 1 is 1.04 bits per heavy atom. The third-order valence-corrected chi connectivity index (χ3v) is 3.83. The topological polar surface area (TPSA) is 45.1 Å². The first-order chi connectivity index (χ1) is 11.2. The number of pyridine rings is 1. The van der Waals surface area contributed by atoms with Crippen LogP contribution in [0.4, 0.5) is 10.1 Å². The molecule has 0 saturated carbocycles. The largest absolute Gasteiger partial charge is 0.392 e. The second-order valence-corrected chi connectivity index (χ2v) is 5.62. The fourth-order valence-electron chi connectivity index (χ4n) is 2.63. The molecule has 118 valence electrons. The highest BCUT2D eigenvalue weighted by molar-refractivity contribution is 5.91. The van der Waals surface area contributed by atoms with Crippen LogP contribution in [0.2, 0.25) is 0 Å². The summed E-state index contributed by atoms with van der Waals surface area (Å²) in [5, 5.41) is 13.2. The van der Waals surface area contributed by atoms with E-state index in [1.807, 2.05) is 37.3 Å². The number of aliphatic hydroxyl groups excluding tert-OH is 1. The zero-order valence-corrected chi connectivity index (χ0v) is 13.0. The van der Waals surface area contributed by atoms with Crippen molar-refractivity contribution < 1.29 is 9.50 Å². The van der Waals surface area contributed by atoms with Gasteiger partial charge in [-0.3, -0.25) is 4.98 Å². The fourth-order valence-corrected chi connectivity index (χ4v) is 2.63. The Labute approximate surface area is 134 Å². The number of fused-ring (bicyclic) bond motifs is 1. The minimum atomic E-state index is -0.259. The molecule has 0 spiro atoms. The number of hydrogen-bond acceptors (Lipinski definition) is 3. The van der Waals surface area contributed by atoms with Crippen LogP contribution >= 0.6 is 0 Å². The first-order valence-electron chi connectivity index (χ1n) is 7.65. The molecule has 0 bridgehead atoms. The van der Waals surface area contributed by atoms with Crippen LogP contribution in [0.1, 0.15) is 16.8 Å². The van der Waals surface area contributed by atoms with E-state index in [-0.39, 0.29) is 12.4 Å². The summed E-state index contributed by atoms with van der Waals surface area (Å²) in [7, 11) is 0. The molecule has 3 nitrogen and oxygen atoms in total. The summed E-state index contributed by atoms with van der Waals surface area (Å²) >= 11 is 0. The minimum absolute atomic E-state index is 0.0619. The average Bonchev–Trinajstić information content (AvgIpc) is 2.56. The highest BCUT2D eigenvalue weighted by atomic mass is 19.1. The van der Waals surface area contributed by atoms with Crippen molar-refractivity contribution in [2.45, 2.75) is 20.0 Å². The van der Waals surface area contributed by atoms with Crippen LogP contribution in [0.5, 0.6) is 0 Å². The second kappa shape index (κ2) is 6.75. The lowest BCUT2D eigenvalue weighted by molar-refractivity contribution is 0.282. The molecule has 0 aliphatic carbocycles. The van der Waals surface area contributed by atoms with E-state index in [0.29, 0.717) is 0 Å². The summed E-state index contributed by atoms with van der Waals surface area (Å²) in [5.74, 6) is -0.259. The Balaban J connectivity index is 1.74. The van der Waals surface area contributed by atoms with Gasteiger partial charge in [0.15, 0.2) is 0 Å². The molecule has 0 fully saturated rings. The third-order valence-electron chi connectivity index (χ3n) is 3.83. The predicted octanol–water partition coefficient (Wildman–Crippen LogP) is 3.83. The Kier molecular flexibility index (Phi) is 4.53. The molecule has 4 heteroatoms. The van der Waals surface area contributed by atoms with Crippen molar-refractivity contribution in [1.82, 2.24) is 4.98 Å². The molecule has 3 aromatic rings. The van der Waals surface area contributed by atoms with Crippen LogP contribution in [0.3, 0.4) is 0 Å². The van der Waals surface area contributed by atoms with E-state index in [2.05, 4.69) is 10.3 Å². The van der Waals surface area contributed by atoms with Gasteiger partial charge in [0.25, 0.3) is 0 Å². The third kappa shape index (κ3) is 3.66. The van der Waals surface area contributed by atoms with Gasteiger partial charge >= 0.3 is 0 Å². The van der Waals surface area contributed by atoms with Crippen molar-refractivity contribution >= 4 is 16.6 Å². The van der Waals surface area contributed by atoms with E-state index in [0.717, 1.165) is 40.8 Å². The number of halogens is 1. The lowest BCUT2D eigenvalue weighted by atomic mass is 10.1. The van der Waals surface area contributed by atoms with Crippen molar-refractivity contribution in [3.05, 3.63) is 71.2 Å². The molecule has 23 heavy (non-hydrogen) atoms. The Hall–Kier alpha value is -2.46. The summed E-state index contributed by atoms with van der Waals surface area (Å²) in [6.45, 7) is 2.74. The zero-order chi connectivity index (χ0) is 16.2. The lowest BCUT2D eigenvalue weighted by Gasteiger charge is -2.11. The van der Waals surface area contributed by atoms with Crippen LogP contribution in [0, 0.1) is 12.7 Å². The van der Waals surface area contributed by atoms with Gasteiger partial charge in [0, 0.05) is 23.3 Å². The van der Waals surface area contributed by atoms with Crippen LogP contribution in [0.25, 0.3) is 10.9 Å². The van der Waals surface area contributed by atoms with E-state index in [9.17, 15) is 4.39 Å². The van der Waals surface area contributed by atoms with Crippen LogP contribution in [0.15, 0.2) is 48.5 Å². The molecule has 1 aromatic heterocycles. The number of aromatic nitrogens is 1. The first kappa shape index (κ1) is 15.4. The van der Waals surface area contributed by atoms with Crippen LogP contribution < -0.4 is 5.32 Å². The molecule has 0 aliphatic rings. The molecule has 0 aliphatic heterocycles. The first-order valence-corrected chi connectivity index (χ1v) is 7.65. The molecule has 3 rings (SSSR count). The molecule has 2 N–H and O–H groups in total. The highest BCUT2D eigenvalue weighted by Gasteiger charge is 2.05. The van der Waals surface area contributed by atoms with E-state index >= 15 is 0 Å². The molecular weight excluding hydrogens is 291 g/mol. The second-order valence-electron chi connectivity index (χ2n) is 5.62. The van der Waals surface area contributed by atoms with Crippen molar-refractivity contribution in [1.29, 1.82) is 0 Å². The zero-order valence-electron chi connectivity index (χ0n) is 13.0. The summed E-state index contributed by atoms with van der Waals surface area (Å²) < 4.78 is 13.5.